The molecule has 0 saturated carbocycles. The number of hydrogen-bond acceptors (Lipinski definition) is 4. The maximum Gasteiger partial charge on any atom is 0.342 e. The zero-order valence-corrected chi connectivity index (χ0v) is 10.5. The van der Waals surface area contributed by atoms with Crippen LogP contribution in [0.3, 0.4) is 0 Å². The van der Waals surface area contributed by atoms with Gasteiger partial charge in [-0.05, 0) is 28.7 Å². The van der Waals surface area contributed by atoms with Crippen molar-refractivity contribution in [2.45, 2.75) is 6.61 Å². The third kappa shape index (κ3) is 1.54. The molecule has 5 heteroatoms. The Morgan fingerprint density at radius 2 is 2.13 bits per heavy atom. The highest BCUT2D eigenvalue weighted by Crippen LogP contribution is 2.39. The molecule has 0 atom stereocenters. The van der Waals surface area contributed by atoms with Crippen LogP contribution in [0.5, 0.6) is 11.5 Å². The molecule has 2 rings (SSSR count). The lowest BCUT2D eigenvalue weighted by atomic mass is 10.1. The topological polar surface area (TPSA) is 44.8 Å². The third-order valence-electron chi connectivity index (χ3n) is 2.26. The predicted octanol–water partition coefficient (Wildman–Crippen LogP) is 1.98. The van der Waals surface area contributed by atoms with Crippen LogP contribution in [0, 0.1) is 3.57 Å². The molecule has 0 fully saturated rings. The standard InChI is InChI=1S/C10H9IO4/c1-13-6-3-5-4-15-10(12)7(5)9(14-2)8(6)11/h3H,4H2,1-2H3. The largest absolute Gasteiger partial charge is 0.495 e. The summed E-state index contributed by atoms with van der Waals surface area (Å²) < 4.78 is 16.1. The van der Waals surface area contributed by atoms with Crippen molar-refractivity contribution in [3.63, 3.8) is 0 Å². The van der Waals surface area contributed by atoms with Crippen molar-refractivity contribution in [2.75, 3.05) is 14.2 Å². The second kappa shape index (κ2) is 3.88. The van der Waals surface area contributed by atoms with Crippen LogP contribution < -0.4 is 9.47 Å². The summed E-state index contributed by atoms with van der Waals surface area (Å²) in [4.78, 5) is 11.5. The average Bonchev–Trinajstić information content (AvgIpc) is 2.60. The Bertz CT molecular complexity index is 428. The molecule has 1 aliphatic heterocycles. The number of hydrogen-bond donors (Lipinski definition) is 0. The molecule has 0 radical (unpaired) electrons. The third-order valence-corrected chi connectivity index (χ3v) is 3.28. The molecular weight excluding hydrogens is 311 g/mol. The van der Waals surface area contributed by atoms with Crippen LogP contribution in [-0.4, -0.2) is 20.2 Å². The molecular formula is C10H9IO4. The molecule has 0 unspecified atom stereocenters. The Balaban J connectivity index is 2.69. The number of cyclic esters (lactones) is 1. The van der Waals surface area contributed by atoms with Gasteiger partial charge in [-0.25, -0.2) is 4.79 Å². The molecule has 0 aliphatic carbocycles. The quantitative estimate of drug-likeness (QED) is 0.617. The summed E-state index contributed by atoms with van der Waals surface area (Å²) >= 11 is 2.09. The van der Waals surface area contributed by atoms with Crippen molar-refractivity contribution in [3.05, 3.63) is 20.8 Å². The van der Waals surface area contributed by atoms with E-state index in [0.717, 1.165) is 9.13 Å². The number of rotatable bonds is 2. The number of carbonyl (C=O) groups is 1. The summed E-state index contributed by atoms with van der Waals surface area (Å²) in [6.45, 7) is 0.289. The molecule has 4 nitrogen and oxygen atoms in total. The van der Waals surface area contributed by atoms with Gasteiger partial charge in [-0.15, -0.1) is 0 Å². The van der Waals surface area contributed by atoms with Gasteiger partial charge in [-0.2, -0.15) is 0 Å². The summed E-state index contributed by atoms with van der Waals surface area (Å²) in [7, 11) is 3.11. The zero-order valence-electron chi connectivity index (χ0n) is 8.30. The van der Waals surface area contributed by atoms with E-state index in [9.17, 15) is 4.79 Å². The molecule has 0 saturated heterocycles. The van der Waals surface area contributed by atoms with Crippen LogP contribution in [-0.2, 0) is 11.3 Å². The van der Waals surface area contributed by atoms with Gasteiger partial charge in [-0.1, -0.05) is 0 Å². The van der Waals surface area contributed by atoms with E-state index in [1.807, 2.05) is 6.07 Å². The van der Waals surface area contributed by atoms with Gasteiger partial charge in [0, 0.05) is 5.56 Å². The van der Waals surface area contributed by atoms with Crippen LogP contribution in [0.4, 0.5) is 0 Å². The Labute approximate surface area is 101 Å². The molecule has 0 aromatic heterocycles. The van der Waals surface area contributed by atoms with Gasteiger partial charge in [0.2, 0.25) is 0 Å². The van der Waals surface area contributed by atoms with E-state index in [1.54, 1.807) is 7.11 Å². The number of esters is 1. The highest BCUT2D eigenvalue weighted by atomic mass is 127. The Kier molecular flexibility index (Phi) is 2.72. The molecule has 15 heavy (non-hydrogen) atoms. The number of carbonyl (C=O) groups excluding carboxylic acids is 1. The second-order valence-electron chi connectivity index (χ2n) is 3.04. The number of halogens is 1. The van der Waals surface area contributed by atoms with Crippen LogP contribution in [0.1, 0.15) is 15.9 Å². The van der Waals surface area contributed by atoms with Crippen LogP contribution in [0.2, 0.25) is 0 Å². The van der Waals surface area contributed by atoms with E-state index in [1.165, 1.54) is 7.11 Å². The Morgan fingerprint density at radius 3 is 2.73 bits per heavy atom. The fourth-order valence-corrected chi connectivity index (χ4v) is 2.42. The minimum absolute atomic E-state index is 0.289. The van der Waals surface area contributed by atoms with Crippen LogP contribution in [0.15, 0.2) is 6.07 Å². The van der Waals surface area contributed by atoms with Gasteiger partial charge in [0.1, 0.15) is 17.9 Å². The van der Waals surface area contributed by atoms with E-state index in [4.69, 9.17) is 14.2 Å². The first-order chi connectivity index (χ1) is 7.19. The van der Waals surface area contributed by atoms with E-state index in [2.05, 4.69) is 22.6 Å². The monoisotopic (exact) mass is 320 g/mol. The minimum atomic E-state index is -0.331. The lowest BCUT2D eigenvalue weighted by molar-refractivity contribution is 0.0533. The maximum atomic E-state index is 11.5. The van der Waals surface area contributed by atoms with Gasteiger partial charge in [0.25, 0.3) is 0 Å². The lowest BCUT2D eigenvalue weighted by Crippen LogP contribution is -2.02. The highest BCUT2D eigenvalue weighted by molar-refractivity contribution is 14.1. The zero-order chi connectivity index (χ0) is 11.0. The van der Waals surface area contributed by atoms with Crippen LogP contribution in [0.25, 0.3) is 0 Å². The normalized spacial score (nSPS) is 13.4. The highest BCUT2D eigenvalue weighted by Gasteiger charge is 2.29. The summed E-state index contributed by atoms with van der Waals surface area (Å²) in [5.74, 6) is 0.902. The van der Waals surface area contributed by atoms with E-state index >= 15 is 0 Å². The summed E-state index contributed by atoms with van der Waals surface area (Å²) in [6.07, 6.45) is 0. The Morgan fingerprint density at radius 1 is 1.40 bits per heavy atom. The predicted molar refractivity (Wildman–Crippen MR) is 61.4 cm³/mol. The summed E-state index contributed by atoms with van der Waals surface area (Å²) in [5, 5.41) is 0. The van der Waals surface area contributed by atoms with Gasteiger partial charge in [0.15, 0.2) is 5.75 Å². The molecule has 0 bridgehead atoms. The number of methoxy groups -OCH3 is 2. The number of fused-ring (bicyclic) bond motifs is 1. The average molecular weight is 320 g/mol. The van der Waals surface area contributed by atoms with Crippen LogP contribution >= 0.6 is 22.6 Å². The maximum absolute atomic E-state index is 11.5. The summed E-state index contributed by atoms with van der Waals surface area (Å²) in [5.41, 5.74) is 1.33. The Hall–Kier alpha value is -0.980. The molecule has 0 N–H and O–H groups in total. The summed E-state index contributed by atoms with van der Waals surface area (Å²) in [6, 6.07) is 1.81. The van der Waals surface area contributed by atoms with Gasteiger partial charge in [-0.3, -0.25) is 0 Å². The SMILES string of the molecule is COc1cc2c(c(OC)c1I)C(=O)OC2. The molecule has 80 valence electrons. The van der Waals surface area contributed by atoms with Crippen molar-refractivity contribution < 1.29 is 19.0 Å². The smallest absolute Gasteiger partial charge is 0.342 e. The van der Waals surface area contributed by atoms with Crippen molar-refractivity contribution in [1.82, 2.24) is 0 Å². The van der Waals surface area contributed by atoms with Crippen molar-refractivity contribution in [1.29, 1.82) is 0 Å². The minimum Gasteiger partial charge on any atom is -0.495 e. The number of ether oxygens (including phenoxy) is 3. The number of benzene rings is 1. The van der Waals surface area contributed by atoms with Gasteiger partial charge < -0.3 is 14.2 Å². The molecule has 1 heterocycles. The molecule has 1 aromatic carbocycles. The van der Waals surface area contributed by atoms with Gasteiger partial charge >= 0.3 is 5.97 Å². The van der Waals surface area contributed by atoms with E-state index in [0.29, 0.717) is 17.1 Å². The van der Waals surface area contributed by atoms with E-state index < -0.39 is 0 Å². The van der Waals surface area contributed by atoms with Crippen molar-refractivity contribution in [2.24, 2.45) is 0 Å². The van der Waals surface area contributed by atoms with E-state index in [-0.39, 0.29) is 12.6 Å². The molecule has 1 aromatic rings. The molecule has 1 aliphatic rings. The molecule has 0 spiro atoms. The first-order valence-electron chi connectivity index (χ1n) is 4.29. The van der Waals surface area contributed by atoms with Gasteiger partial charge in [0.05, 0.1) is 17.8 Å². The van der Waals surface area contributed by atoms with Crippen molar-refractivity contribution >= 4 is 28.6 Å². The first kappa shape index (κ1) is 10.5. The first-order valence-corrected chi connectivity index (χ1v) is 5.37. The second-order valence-corrected chi connectivity index (χ2v) is 4.12. The molecule has 0 amide bonds. The lowest BCUT2D eigenvalue weighted by Gasteiger charge is -2.10. The fourth-order valence-electron chi connectivity index (χ4n) is 1.55. The fraction of sp³-hybridized carbons (Fsp3) is 0.300. The van der Waals surface area contributed by atoms with Crippen molar-refractivity contribution in [3.8, 4) is 11.5 Å².